The first-order chi connectivity index (χ1) is 15.1. The van der Waals surface area contributed by atoms with Crippen molar-refractivity contribution in [1.29, 1.82) is 0 Å². The summed E-state index contributed by atoms with van der Waals surface area (Å²) in [6, 6.07) is 6.38. The van der Waals surface area contributed by atoms with Crippen LogP contribution in [-0.4, -0.2) is 31.7 Å². The van der Waals surface area contributed by atoms with Crippen molar-refractivity contribution in [3.8, 4) is 22.6 Å². The molecule has 3 aromatic rings. The Kier molecular flexibility index (Phi) is 5.11. The minimum absolute atomic E-state index is 0.0368. The van der Waals surface area contributed by atoms with Gasteiger partial charge in [-0.15, -0.1) is 0 Å². The maximum Gasteiger partial charge on any atom is 0.433 e. The average Bonchev–Trinajstić information content (AvgIpc) is 3.26. The molecule has 0 radical (unpaired) electrons. The lowest BCUT2D eigenvalue weighted by Crippen LogP contribution is -2.43. The standard InChI is InChI=1S/C22H21ClF3N3O3/c1-21(30)8-12(9-21)29-20(22(24,25)26)15(10-27-29)19-16(11-31-13-6-7-13)18(28-32-19)14-4-2-3-5-17(14)23/h2-5,10,12-13,30H,6-9,11H2,1H3. The van der Waals surface area contributed by atoms with Crippen LogP contribution < -0.4 is 0 Å². The molecule has 2 aromatic heterocycles. The summed E-state index contributed by atoms with van der Waals surface area (Å²) in [5.41, 5.74) is -0.826. The van der Waals surface area contributed by atoms with E-state index in [1.54, 1.807) is 31.2 Å². The van der Waals surface area contributed by atoms with Gasteiger partial charge in [0.2, 0.25) is 0 Å². The molecule has 2 heterocycles. The summed E-state index contributed by atoms with van der Waals surface area (Å²) < 4.78 is 54.7. The van der Waals surface area contributed by atoms with Crippen molar-refractivity contribution >= 4 is 11.6 Å². The van der Waals surface area contributed by atoms with E-state index in [0.717, 1.165) is 23.7 Å². The Hall–Kier alpha value is -2.36. The number of benzene rings is 1. The molecule has 5 rings (SSSR count). The first kappa shape index (κ1) is 21.5. The van der Waals surface area contributed by atoms with E-state index in [1.807, 2.05) is 0 Å². The second-order valence-electron chi connectivity index (χ2n) is 8.74. The molecule has 170 valence electrons. The van der Waals surface area contributed by atoms with Gasteiger partial charge in [0.25, 0.3) is 0 Å². The fraction of sp³-hybridized carbons (Fsp3) is 0.455. The molecule has 2 fully saturated rings. The van der Waals surface area contributed by atoms with E-state index in [-0.39, 0.29) is 36.9 Å². The number of aromatic nitrogens is 3. The van der Waals surface area contributed by atoms with E-state index in [0.29, 0.717) is 21.8 Å². The molecule has 0 bridgehead atoms. The first-order valence-electron chi connectivity index (χ1n) is 10.4. The molecule has 2 aliphatic carbocycles. The van der Waals surface area contributed by atoms with Gasteiger partial charge in [-0.2, -0.15) is 18.3 Å². The van der Waals surface area contributed by atoms with E-state index in [2.05, 4.69) is 10.3 Å². The van der Waals surface area contributed by atoms with Gasteiger partial charge in [0.05, 0.1) is 46.7 Å². The number of nitrogens with zero attached hydrogens (tertiary/aromatic N) is 3. The number of alkyl halides is 3. The number of halogens is 4. The highest BCUT2D eigenvalue weighted by Crippen LogP contribution is 2.47. The monoisotopic (exact) mass is 467 g/mol. The second-order valence-corrected chi connectivity index (χ2v) is 9.14. The molecule has 0 unspecified atom stereocenters. The molecule has 0 spiro atoms. The summed E-state index contributed by atoms with van der Waals surface area (Å²) in [5, 5.41) is 18.5. The van der Waals surface area contributed by atoms with Crippen LogP contribution in [0.15, 0.2) is 35.0 Å². The molecule has 2 aliphatic rings. The van der Waals surface area contributed by atoms with Crippen molar-refractivity contribution in [1.82, 2.24) is 14.9 Å². The Labute approximate surface area is 186 Å². The van der Waals surface area contributed by atoms with E-state index in [4.69, 9.17) is 20.9 Å². The lowest BCUT2D eigenvalue weighted by atomic mass is 9.77. The molecule has 32 heavy (non-hydrogen) atoms. The van der Waals surface area contributed by atoms with Gasteiger partial charge in [0.15, 0.2) is 11.5 Å². The molecule has 0 aliphatic heterocycles. The van der Waals surface area contributed by atoms with E-state index in [1.165, 1.54) is 0 Å². The number of rotatable bonds is 6. The highest BCUT2D eigenvalue weighted by atomic mass is 35.5. The fourth-order valence-electron chi connectivity index (χ4n) is 4.17. The summed E-state index contributed by atoms with van der Waals surface area (Å²) in [6.45, 7) is 1.64. The van der Waals surface area contributed by atoms with Crippen molar-refractivity contribution in [2.24, 2.45) is 0 Å². The fourth-order valence-corrected chi connectivity index (χ4v) is 4.40. The van der Waals surface area contributed by atoms with Crippen molar-refractivity contribution in [3.05, 3.63) is 46.7 Å². The summed E-state index contributed by atoms with van der Waals surface area (Å²) >= 11 is 6.32. The van der Waals surface area contributed by atoms with E-state index >= 15 is 0 Å². The van der Waals surface area contributed by atoms with Crippen molar-refractivity contribution in [2.75, 3.05) is 0 Å². The average molecular weight is 468 g/mol. The Bertz CT molecular complexity index is 1140. The predicted octanol–water partition coefficient (Wildman–Crippen LogP) is 5.64. The minimum atomic E-state index is -4.68. The van der Waals surface area contributed by atoms with Crippen LogP contribution in [0.3, 0.4) is 0 Å². The highest BCUT2D eigenvalue weighted by molar-refractivity contribution is 6.33. The minimum Gasteiger partial charge on any atom is -0.390 e. The van der Waals surface area contributed by atoms with Gasteiger partial charge in [0, 0.05) is 5.56 Å². The largest absolute Gasteiger partial charge is 0.433 e. The summed E-state index contributed by atoms with van der Waals surface area (Å²) in [7, 11) is 0. The Morgan fingerprint density at radius 3 is 2.59 bits per heavy atom. The van der Waals surface area contributed by atoms with Crippen molar-refractivity contribution in [2.45, 2.75) is 63.1 Å². The normalized spacial score (nSPS) is 23.4. The molecular formula is C22H21ClF3N3O3. The summed E-state index contributed by atoms with van der Waals surface area (Å²) in [5.74, 6) is -0.0368. The quantitative estimate of drug-likeness (QED) is 0.507. The molecule has 1 N–H and O–H groups in total. The summed E-state index contributed by atoms with van der Waals surface area (Å²) in [4.78, 5) is 0. The number of hydrogen-bond donors (Lipinski definition) is 1. The third-order valence-electron chi connectivity index (χ3n) is 5.91. The third kappa shape index (κ3) is 3.93. The van der Waals surface area contributed by atoms with E-state index < -0.39 is 23.5 Å². The van der Waals surface area contributed by atoms with Crippen LogP contribution in [-0.2, 0) is 17.5 Å². The van der Waals surface area contributed by atoms with Crippen LogP contribution in [0, 0.1) is 0 Å². The predicted molar refractivity (Wildman–Crippen MR) is 110 cm³/mol. The molecule has 0 amide bonds. The SMILES string of the molecule is CC1(O)CC(n2ncc(-c3onc(-c4ccccc4Cl)c3COC3CC3)c2C(F)(F)F)C1. The molecule has 2 saturated carbocycles. The molecule has 1 aromatic carbocycles. The van der Waals surface area contributed by atoms with Crippen LogP contribution in [0.5, 0.6) is 0 Å². The third-order valence-corrected chi connectivity index (χ3v) is 6.24. The zero-order valence-electron chi connectivity index (χ0n) is 17.2. The van der Waals surface area contributed by atoms with Gasteiger partial charge in [-0.1, -0.05) is 35.0 Å². The van der Waals surface area contributed by atoms with E-state index in [9.17, 15) is 18.3 Å². The molecule has 0 saturated heterocycles. The topological polar surface area (TPSA) is 73.3 Å². The van der Waals surface area contributed by atoms with Gasteiger partial charge in [-0.25, -0.2) is 0 Å². The lowest BCUT2D eigenvalue weighted by molar-refractivity contribution is -0.148. The summed E-state index contributed by atoms with van der Waals surface area (Å²) in [6.07, 6.45) is -1.25. The van der Waals surface area contributed by atoms with Crippen molar-refractivity contribution in [3.63, 3.8) is 0 Å². The number of aliphatic hydroxyl groups is 1. The van der Waals surface area contributed by atoms with Crippen LogP contribution in [0.2, 0.25) is 5.02 Å². The van der Waals surface area contributed by atoms with Crippen molar-refractivity contribution < 1.29 is 27.5 Å². The zero-order chi connectivity index (χ0) is 22.7. The maximum atomic E-state index is 14.2. The van der Waals surface area contributed by atoms with Crippen LogP contribution >= 0.6 is 11.6 Å². The Balaban J connectivity index is 1.61. The lowest BCUT2D eigenvalue weighted by Gasteiger charge is -2.41. The van der Waals surface area contributed by atoms with Gasteiger partial charge in [0.1, 0.15) is 5.69 Å². The second kappa shape index (κ2) is 7.60. The number of hydrogen-bond acceptors (Lipinski definition) is 5. The molecule has 6 nitrogen and oxygen atoms in total. The molecular weight excluding hydrogens is 447 g/mol. The Morgan fingerprint density at radius 1 is 1.25 bits per heavy atom. The zero-order valence-corrected chi connectivity index (χ0v) is 18.0. The molecule has 10 heteroatoms. The first-order valence-corrected chi connectivity index (χ1v) is 10.7. The molecule has 0 atom stereocenters. The highest BCUT2D eigenvalue weighted by Gasteiger charge is 2.47. The smallest absolute Gasteiger partial charge is 0.390 e. The van der Waals surface area contributed by atoms with Crippen LogP contribution in [0.4, 0.5) is 13.2 Å². The maximum absolute atomic E-state index is 14.2. The van der Waals surface area contributed by atoms with Crippen LogP contribution in [0.1, 0.15) is 49.9 Å². The van der Waals surface area contributed by atoms with Gasteiger partial charge in [-0.05, 0) is 38.7 Å². The Morgan fingerprint density at radius 2 is 1.97 bits per heavy atom. The van der Waals surface area contributed by atoms with Gasteiger partial charge in [-0.3, -0.25) is 4.68 Å². The van der Waals surface area contributed by atoms with Gasteiger partial charge < -0.3 is 14.4 Å². The van der Waals surface area contributed by atoms with Crippen LogP contribution in [0.25, 0.3) is 22.6 Å². The number of ether oxygens (including phenoxy) is 1. The van der Waals surface area contributed by atoms with Gasteiger partial charge >= 0.3 is 6.18 Å².